The molecule has 0 aromatic carbocycles. The third-order valence-corrected chi connectivity index (χ3v) is 6.27. The maximum Gasteiger partial charge on any atom is 0.514 e. The summed E-state index contributed by atoms with van der Waals surface area (Å²) in [6, 6.07) is 0. The van der Waals surface area contributed by atoms with Gasteiger partial charge in [-0.2, -0.15) is 0 Å². The second kappa shape index (κ2) is 9.49. The zero-order valence-electron chi connectivity index (χ0n) is 11.9. The number of carbonyl (C=O) groups is 1. The summed E-state index contributed by atoms with van der Waals surface area (Å²) in [5.74, 6) is -0.900. The summed E-state index contributed by atoms with van der Waals surface area (Å²) in [5, 5.41) is 9.30. The molecule has 5 nitrogen and oxygen atoms in total. The maximum atomic E-state index is 11.3. The van der Waals surface area contributed by atoms with Gasteiger partial charge in [0.1, 0.15) is 5.54 Å². The van der Waals surface area contributed by atoms with Crippen molar-refractivity contribution in [2.24, 2.45) is 0 Å². The van der Waals surface area contributed by atoms with E-state index in [0.717, 1.165) is 19.3 Å². The van der Waals surface area contributed by atoms with Crippen LogP contribution in [0, 0.1) is 0 Å². The van der Waals surface area contributed by atoms with Gasteiger partial charge in [-0.25, -0.2) is 0 Å². The fourth-order valence-corrected chi connectivity index (χ4v) is 4.29. The minimum absolute atomic E-state index is 0.542. The lowest BCUT2D eigenvalue weighted by Crippen LogP contribution is -2.50. The summed E-state index contributed by atoms with van der Waals surface area (Å²) in [6.45, 7) is 2.15. The summed E-state index contributed by atoms with van der Waals surface area (Å²) >= 11 is 0. The van der Waals surface area contributed by atoms with Gasteiger partial charge in [-0.15, -0.1) is 0 Å². The summed E-state index contributed by atoms with van der Waals surface area (Å²) in [6.07, 6.45) is 5.96. The minimum atomic E-state index is -3.08. The molecule has 0 saturated carbocycles. The average molecular weight is 278 g/mol. The number of rotatable bonds is 11. The third-order valence-electron chi connectivity index (χ3n) is 3.17. The molecule has 0 aromatic rings. The highest BCUT2D eigenvalue weighted by atomic mass is 28.4. The molecule has 0 fully saturated rings. The Morgan fingerprint density at radius 3 is 1.94 bits per heavy atom. The van der Waals surface area contributed by atoms with Gasteiger partial charge in [0.25, 0.3) is 0 Å². The summed E-state index contributed by atoms with van der Waals surface area (Å²) in [7, 11) is 1.27. The van der Waals surface area contributed by atoms with Crippen molar-refractivity contribution in [2.45, 2.75) is 51.0 Å². The molecule has 0 saturated heterocycles. The van der Waals surface area contributed by atoms with Crippen LogP contribution in [0.15, 0.2) is 0 Å². The zero-order valence-corrected chi connectivity index (χ0v) is 12.9. The van der Waals surface area contributed by atoms with Gasteiger partial charge < -0.3 is 18.4 Å². The van der Waals surface area contributed by atoms with Crippen molar-refractivity contribution < 1.29 is 23.2 Å². The van der Waals surface area contributed by atoms with Crippen LogP contribution in [0.3, 0.4) is 0 Å². The Labute approximate surface area is 111 Å². The van der Waals surface area contributed by atoms with Crippen LogP contribution in [0.4, 0.5) is 0 Å². The Bertz CT molecular complexity index is 222. The molecule has 0 rings (SSSR count). The van der Waals surface area contributed by atoms with Crippen molar-refractivity contribution in [3.05, 3.63) is 0 Å². The lowest BCUT2D eigenvalue weighted by Gasteiger charge is -2.29. The molecule has 0 aliphatic carbocycles. The van der Waals surface area contributed by atoms with Crippen molar-refractivity contribution in [1.29, 1.82) is 0 Å². The van der Waals surface area contributed by atoms with Crippen LogP contribution < -0.4 is 0 Å². The first-order valence-corrected chi connectivity index (χ1v) is 8.26. The van der Waals surface area contributed by atoms with E-state index in [9.17, 15) is 9.90 Å². The van der Waals surface area contributed by atoms with Crippen LogP contribution in [0.5, 0.6) is 0 Å². The highest BCUT2D eigenvalue weighted by molar-refractivity contribution is 6.66. The lowest BCUT2D eigenvalue weighted by molar-refractivity contribution is -0.138. The fraction of sp³-hybridized carbons (Fsp3) is 0.917. The molecule has 0 aliphatic heterocycles. The molecule has 1 N–H and O–H groups in total. The molecular weight excluding hydrogens is 252 g/mol. The van der Waals surface area contributed by atoms with Gasteiger partial charge in [-0.05, 0) is 6.42 Å². The van der Waals surface area contributed by atoms with E-state index in [-0.39, 0.29) is 0 Å². The number of unbranched alkanes of at least 4 members (excludes halogenated alkanes) is 4. The minimum Gasteiger partial charge on any atom is -0.481 e. The number of aliphatic carboxylic acids is 1. The highest BCUT2D eigenvalue weighted by Gasteiger charge is 2.51. The molecule has 0 spiro atoms. The van der Waals surface area contributed by atoms with E-state index in [2.05, 4.69) is 6.92 Å². The Kier molecular flexibility index (Phi) is 9.26. The van der Waals surface area contributed by atoms with Crippen LogP contribution in [-0.4, -0.2) is 41.2 Å². The number of carboxylic acid groups (broad SMARTS) is 1. The average Bonchev–Trinajstić information content (AvgIpc) is 2.38. The van der Waals surface area contributed by atoms with Crippen LogP contribution in [0.1, 0.15) is 45.4 Å². The van der Waals surface area contributed by atoms with Gasteiger partial charge in [-0.3, -0.25) is 4.79 Å². The predicted molar refractivity (Wildman–Crippen MR) is 71.5 cm³/mol. The first-order valence-electron chi connectivity index (χ1n) is 6.46. The lowest BCUT2D eigenvalue weighted by atomic mass is 10.1. The zero-order chi connectivity index (χ0) is 14.0. The molecular formula is C12H26O5Si. The molecule has 1 atom stereocenters. The summed E-state index contributed by atoms with van der Waals surface area (Å²) in [4.78, 5) is 11.3. The Morgan fingerprint density at radius 2 is 1.56 bits per heavy atom. The van der Waals surface area contributed by atoms with Gasteiger partial charge in [0, 0.05) is 21.3 Å². The van der Waals surface area contributed by atoms with Crippen molar-refractivity contribution in [2.75, 3.05) is 21.3 Å². The fourth-order valence-electron chi connectivity index (χ4n) is 2.08. The van der Waals surface area contributed by atoms with Crippen molar-refractivity contribution >= 4 is 14.8 Å². The standard InChI is InChI=1S/C12H26O5Si/c1-5-6-7-8-9-10-11(12(13)14)18(15-2,16-3)17-4/h11H,5-10H2,1-4H3,(H,13,14). The number of hydrogen-bond donors (Lipinski definition) is 1. The quantitative estimate of drug-likeness (QED) is 0.465. The number of hydrogen-bond acceptors (Lipinski definition) is 4. The van der Waals surface area contributed by atoms with Gasteiger partial charge in [0.15, 0.2) is 0 Å². The normalized spacial score (nSPS) is 13.6. The van der Waals surface area contributed by atoms with Gasteiger partial charge >= 0.3 is 14.8 Å². The molecule has 0 aliphatic rings. The smallest absolute Gasteiger partial charge is 0.481 e. The topological polar surface area (TPSA) is 65.0 Å². The van der Waals surface area contributed by atoms with E-state index >= 15 is 0 Å². The first-order chi connectivity index (χ1) is 8.57. The molecule has 0 amide bonds. The van der Waals surface area contributed by atoms with Crippen molar-refractivity contribution in [3.8, 4) is 0 Å². The molecule has 6 heteroatoms. The third kappa shape index (κ3) is 5.05. The second-order valence-electron chi connectivity index (χ2n) is 4.31. The van der Waals surface area contributed by atoms with Crippen LogP contribution in [-0.2, 0) is 18.1 Å². The van der Waals surface area contributed by atoms with Crippen LogP contribution >= 0.6 is 0 Å². The van der Waals surface area contributed by atoms with Crippen molar-refractivity contribution in [1.82, 2.24) is 0 Å². The Balaban J connectivity index is 4.41. The molecule has 1 unspecified atom stereocenters. The van der Waals surface area contributed by atoms with Crippen LogP contribution in [0.2, 0.25) is 5.54 Å². The van der Waals surface area contributed by atoms with E-state index in [4.69, 9.17) is 13.3 Å². The molecule has 18 heavy (non-hydrogen) atoms. The monoisotopic (exact) mass is 278 g/mol. The first kappa shape index (κ1) is 17.6. The van der Waals surface area contributed by atoms with E-state index in [1.807, 2.05) is 0 Å². The van der Waals surface area contributed by atoms with Gasteiger partial charge in [-0.1, -0.05) is 39.0 Å². The highest BCUT2D eigenvalue weighted by Crippen LogP contribution is 2.30. The second-order valence-corrected chi connectivity index (χ2v) is 7.44. The molecule has 0 bridgehead atoms. The number of carboxylic acids is 1. The molecule has 108 valence electrons. The van der Waals surface area contributed by atoms with E-state index in [1.54, 1.807) is 0 Å². The van der Waals surface area contributed by atoms with Gasteiger partial charge in [0.05, 0.1) is 0 Å². The summed E-state index contributed by atoms with van der Waals surface area (Å²) in [5.41, 5.74) is -0.681. The predicted octanol–water partition coefficient (Wildman–Crippen LogP) is 2.68. The van der Waals surface area contributed by atoms with E-state index in [1.165, 1.54) is 34.2 Å². The molecule has 0 heterocycles. The van der Waals surface area contributed by atoms with Crippen molar-refractivity contribution in [3.63, 3.8) is 0 Å². The maximum absolute atomic E-state index is 11.3. The van der Waals surface area contributed by atoms with Crippen LogP contribution in [0.25, 0.3) is 0 Å². The largest absolute Gasteiger partial charge is 0.514 e. The van der Waals surface area contributed by atoms with E-state index in [0.29, 0.717) is 6.42 Å². The molecule has 0 radical (unpaired) electrons. The summed E-state index contributed by atoms with van der Waals surface area (Å²) < 4.78 is 15.8. The van der Waals surface area contributed by atoms with Gasteiger partial charge in [0.2, 0.25) is 0 Å². The Morgan fingerprint density at radius 1 is 1.06 bits per heavy atom. The Hall–Kier alpha value is -0.433. The molecule has 0 aromatic heterocycles. The SMILES string of the molecule is CCCCCCCC(C(=O)O)[Si](OC)(OC)OC. The van der Waals surface area contributed by atoms with E-state index < -0.39 is 20.3 Å².